The predicted octanol–water partition coefficient (Wildman–Crippen LogP) is 3.45. The molecule has 1 fully saturated rings. The second-order valence-electron chi connectivity index (χ2n) is 5.24. The van der Waals surface area contributed by atoms with E-state index in [4.69, 9.17) is 9.47 Å². The highest BCUT2D eigenvalue weighted by Crippen LogP contribution is 2.25. The van der Waals surface area contributed by atoms with Gasteiger partial charge in [-0.05, 0) is 56.4 Å². The molecular formula is C16H22O3. The first-order valence-corrected chi connectivity index (χ1v) is 6.92. The molecule has 0 spiro atoms. The largest absolute Gasteiger partial charge is 0.496 e. The third-order valence-corrected chi connectivity index (χ3v) is 3.70. The molecular weight excluding hydrogens is 240 g/mol. The van der Waals surface area contributed by atoms with E-state index in [2.05, 4.69) is 0 Å². The van der Waals surface area contributed by atoms with Crippen molar-refractivity contribution in [1.29, 1.82) is 0 Å². The Balaban J connectivity index is 2.02. The molecule has 1 unspecified atom stereocenters. The lowest BCUT2D eigenvalue weighted by molar-refractivity contribution is 0.0859. The normalized spacial score (nSPS) is 18.6. The lowest BCUT2D eigenvalue weighted by Crippen LogP contribution is -2.09. The van der Waals surface area contributed by atoms with Crippen molar-refractivity contribution in [1.82, 2.24) is 0 Å². The number of hydrogen-bond acceptors (Lipinski definition) is 3. The van der Waals surface area contributed by atoms with Gasteiger partial charge in [-0.15, -0.1) is 0 Å². The summed E-state index contributed by atoms with van der Waals surface area (Å²) in [4.78, 5) is 12.2. The summed E-state index contributed by atoms with van der Waals surface area (Å²) in [5.74, 6) is 1.07. The van der Waals surface area contributed by atoms with Crippen molar-refractivity contribution < 1.29 is 14.3 Å². The predicted molar refractivity (Wildman–Crippen MR) is 75.0 cm³/mol. The molecule has 19 heavy (non-hydrogen) atoms. The van der Waals surface area contributed by atoms with E-state index in [1.165, 1.54) is 0 Å². The summed E-state index contributed by atoms with van der Waals surface area (Å²) in [6, 6.07) is 3.84. The van der Waals surface area contributed by atoms with E-state index in [1.54, 1.807) is 7.11 Å². The molecule has 1 aliphatic heterocycles. The highest BCUT2D eigenvalue weighted by atomic mass is 16.5. The van der Waals surface area contributed by atoms with Crippen LogP contribution in [-0.4, -0.2) is 25.6 Å². The van der Waals surface area contributed by atoms with Crippen LogP contribution in [0.4, 0.5) is 0 Å². The first-order chi connectivity index (χ1) is 9.11. The third kappa shape index (κ3) is 3.35. The van der Waals surface area contributed by atoms with E-state index in [9.17, 15) is 4.79 Å². The summed E-state index contributed by atoms with van der Waals surface area (Å²) in [7, 11) is 1.66. The number of Topliss-reactive ketones (excluding diaryl/α,β-unsaturated/α-hetero) is 1. The van der Waals surface area contributed by atoms with Crippen LogP contribution in [0, 0.1) is 13.8 Å². The van der Waals surface area contributed by atoms with Crippen LogP contribution in [0.1, 0.15) is 47.2 Å². The number of methoxy groups -OCH3 is 1. The van der Waals surface area contributed by atoms with Crippen molar-refractivity contribution in [3.05, 3.63) is 28.8 Å². The minimum atomic E-state index is 0.198. The lowest BCUT2D eigenvalue weighted by Gasteiger charge is -2.12. The smallest absolute Gasteiger partial charge is 0.162 e. The van der Waals surface area contributed by atoms with Gasteiger partial charge in [-0.2, -0.15) is 0 Å². The van der Waals surface area contributed by atoms with Crippen molar-refractivity contribution in [2.75, 3.05) is 13.7 Å². The quantitative estimate of drug-likeness (QED) is 0.762. The fraction of sp³-hybridized carbons (Fsp3) is 0.562. The number of carbonyl (C=O) groups excluding carboxylic acids is 1. The zero-order valence-electron chi connectivity index (χ0n) is 12.0. The van der Waals surface area contributed by atoms with Crippen molar-refractivity contribution in [2.45, 2.75) is 45.6 Å². The van der Waals surface area contributed by atoms with Gasteiger partial charge in [-0.3, -0.25) is 4.79 Å². The van der Waals surface area contributed by atoms with Gasteiger partial charge in [0.2, 0.25) is 0 Å². The summed E-state index contributed by atoms with van der Waals surface area (Å²) in [5.41, 5.74) is 2.82. The van der Waals surface area contributed by atoms with E-state index in [0.717, 1.165) is 48.3 Å². The van der Waals surface area contributed by atoms with Crippen LogP contribution >= 0.6 is 0 Å². The van der Waals surface area contributed by atoms with Crippen molar-refractivity contribution in [3.8, 4) is 5.75 Å². The number of carbonyl (C=O) groups is 1. The number of ketones is 1. The number of aryl methyl sites for hydroxylation is 2. The minimum absolute atomic E-state index is 0.198. The molecule has 3 nitrogen and oxygen atoms in total. The van der Waals surface area contributed by atoms with Crippen LogP contribution in [0.15, 0.2) is 12.1 Å². The molecule has 3 heteroatoms. The molecule has 2 rings (SSSR count). The molecule has 0 saturated carbocycles. The van der Waals surface area contributed by atoms with E-state index >= 15 is 0 Å². The zero-order valence-corrected chi connectivity index (χ0v) is 12.0. The molecule has 0 aromatic heterocycles. The van der Waals surface area contributed by atoms with Crippen LogP contribution in [0.2, 0.25) is 0 Å². The summed E-state index contributed by atoms with van der Waals surface area (Å²) in [6.07, 6.45) is 3.90. The number of benzene rings is 1. The number of hydrogen-bond donors (Lipinski definition) is 0. The first kappa shape index (κ1) is 14.1. The molecule has 1 aromatic carbocycles. The maximum Gasteiger partial charge on any atom is 0.162 e. The average molecular weight is 262 g/mol. The van der Waals surface area contributed by atoms with Crippen LogP contribution in [0.5, 0.6) is 5.75 Å². The molecule has 1 saturated heterocycles. The maximum absolute atomic E-state index is 12.2. The van der Waals surface area contributed by atoms with Gasteiger partial charge in [0.05, 0.1) is 13.2 Å². The second-order valence-corrected chi connectivity index (χ2v) is 5.24. The molecule has 1 atom stereocenters. The first-order valence-electron chi connectivity index (χ1n) is 6.92. The maximum atomic E-state index is 12.2. The highest BCUT2D eigenvalue weighted by Gasteiger charge is 2.18. The van der Waals surface area contributed by atoms with Crippen molar-refractivity contribution in [3.63, 3.8) is 0 Å². The second kappa shape index (κ2) is 6.20. The third-order valence-electron chi connectivity index (χ3n) is 3.70. The van der Waals surface area contributed by atoms with Gasteiger partial charge in [0.15, 0.2) is 5.78 Å². The van der Waals surface area contributed by atoms with E-state index < -0.39 is 0 Å². The molecule has 1 aliphatic rings. The Morgan fingerprint density at radius 1 is 1.37 bits per heavy atom. The molecule has 0 aliphatic carbocycles. The Labute approximate surface area is 114 Å². The molecule has 0 amide bonds. The fourth-order valence-electron chi connectivity index (χ4n) is 2.74. The zero-order chi connectivity index (χ0) is 13.8. The van der Waals surface area contributed by atoms with Crippen LogP contribution in [0.25, 0.3) is 0 Å². The van der Waals surface area contributed by atoms with Crippen LogP contribution in [0.3, 0.4) is 0 Å². The summed E-state index contributed by atoms with van der Waals surface area (Å²) >= 11 is 0. The van der Waals surface area contributed by atoms with Gasteiger partial charge in [0.1, 0.15) is 5.75 Å². The fourth-order valence-corrected chi connectivity index (χ4v) is 2.74. The van der Waals surface area contributed by atoms with Crippen LogP contribution < -0.4 is 4.74 Å². The lowest BCUT2D eigenvalue weighted by atomic mass is 9.99. The highest BCUT2D eigenvalue weighted by molar-refractivity contribution is 5.96. The van der Waals surface area contributed by atoms with Gasteiger partial charge in [0.25, 0.3) is 0 Å². The van der Waals surface area contributed by atoms with Crippen molar-refractivity contribution in [2.24, 2.45) is 0 Å². The van der Waals surface area contributed by atoms with Gasteiger partial charge in [-0.25, -0.2) is 0 Å². The molecule has 0 N–H and O–H groups in total. The Morgan fingerprint density at radius 3 is 2.58 bits per heavy atom. The van der Waals surface area contributed by atoms with E-state index in [-0.39, 0.29) is 11.9 Å². The Kier molecular flexibility index (Phi) is 4.59. The standard InChI is InChI=1S/C16H22O3/c1-11-9-13(10-12(2)16(11)18-3)15(17)7-6-14-5-4-8-19-14/h9-10,14H,4-8H2,1-3H3. The van der Waals surface area contributed by atoms with Gasteiger partial charge < -0.3 is 9.47 Å². The monoisotopic (exact) mass is 262 g/mol. The molecule has 1 aromatic rings. The summed E-state index contributed by atoms with van der Waals surface area (Å²) in [6.45, 7) is 4.80. The summed E-state index contributed by atoms with van der Waals surface area (Å²) in [5, 5.41) is 0. The number of rotatable bonds is 5. The topological polar surface area (TPSA) is 35.5 Å². The molecule has 0 radical (unpaired) electrons. The van der Waals surface area contributed by atoms with Gasteiger partial charge in [-0.1, -0.05) is 0 Å². The Hall–Kier alpha value is -1.35. The van der Waals surface area contributed by atoms with Crippen LogP contribution in [-0.2, 0) is 4.74 Å². The van der Waals surface area contributed by atoms with E-state index in [1.807, 2.05) is 26.0 Å². The minimum Gasteiger partial charge on any atom is -0.496 e. The van der Waals surface area contributed by atoms with E-state index in [0.29, 0.717) is 6.42 Å². The molecule has 1 heterocycles. The SMILES string of the molecule is COc1c(C)cc(C(=O)CCC2CCCO2)cc1C. The Morgan fingerprint density at radius 2 is 2.05 bits per heavy atom. The number of ether oxygens (including phenoxy) is 2. The molecule has 104 valence electrons. The molecule has 0 bridgehead atoms. The van der Waals surface area contributed by atoms with Gasteiger partial charge in [0, 0.05) is 18.6 Å². The van der Waals surface area contributed by atoms with Gasteiger partial charge >= 0.3 is 0 Å². The Bertz CT molecular complexity index is 436. The average Bonchev–Trinajstić information content (AvgIpc) is 2.88. The van der Waals surface area contributed by atoms with Crippen molar-refractivity contribution >= 4 is 5.78 Å². The summed E-state index contributed by atoms with van der Waals surface area (Å²) < 4.78 is 10.9.